The number of nitrogens with one attached hydrogen (secondary N) is 2. The minimum Gasteiger partial charge on any atom is -0.387 e. The molecule has 5 nitrogen and oxygen atoms in total. The molecule has 2 N–H and O–H groups in total. The third-order valence-electron chi connectivity index (χ3n) is 3.43. The third kappa shape index (κ3) is 4.48. The normalized spacial score (nSPS) is 17.9. The van der Waals surface area contributed by atoms with Crippen molar-refractivity contribution in [1.82, 2.24) is 5.32 Å². The number of nitriles is 1. The molecule has 1 heterocycles. The Labute approximate surface area is 134 Å². The Morgan fingerprint density at radius 1 is 1.59 bits per heavy atom. The van der Waals surface area contributed by atoms with Gasteiger partial charge in [-0.05, 0) is 37.5 Å². The first-order valence-electron chi connectivity index (χ1n) is 7.13. The highest BCUT2D eigenvalue weighted by atomic mass is 35.5. The van der Waals surface area contributed by atoms with Gasteiger partial charge in [0.25, 0.3) is 5.91 Å². The van der Waals surface area contributed by atoms with E-state index >= 15 is 0 Å². The van der Waals surface area contributed by atoms with Gasteiger partial charge < -0.3 is 15.4 Å². The van der Waals surface area contributed by atoms with Gasteiger partial charge in [-0.1, -0.05) is 17.7 Å². The van der Waals surface area contributed by atoms with Crippen LogP contribution in [0.5, 0.6) is 0 Å². The Morgan fingerprint density at radius 2 is 2.41 bits per heavy atom. The van der Waals surface area contributed by atoms with Crippen molar-refractivity contribution in [2.75, 3.05) is 18.5 Å². The van der Waals surface area contributed by atoms with E-state index in [4.69, 9.17) is 21.6 Å². The molecule has 116 valence electrons. The lowest BCUT2D eigenvalue weighted by Crippen LogP contribution is -2.24. The molecular weight excluding hydrogens is 302 g/mol. The van der Waals surface area contributed by atoms with Gasteiger partial charge in [-0.3, -0.25) is 4.79 Å². The monoisotopic (exact) mass is 319 g/mol. The molecular formula is C16H18ClN3O2. The van der Waals surface area contributed by atoms with E-state index < -0.39 is 5.91 Å². The van der Waals surface area contributed by atoms with Gasteiger partial charge in [0.2, 0.25) is 0 Å². The first kappa shape index (κ1) is 16.3. The van der Waals surface area contributed by atoms with Crippen LogP contribution in [0.2, 0.25) is 5.02 Å². The SMILES string of the molecule is Cc1ccc(Cl)cc1NC(=O)/C(C#N)=C\NCC1CCCO1. The summed E-state index contributed by atoms with van der Waals surface area (Å²) in [5.74, 6) is -0.465. The third-order valence-corrected chi connectivity index (χ3v) is 3.66. The van der Waals surface area contributed by atoms with Crippen LogP contribution in [0, 0.1) is 18.3 Å². The molecule has 1 saturated heterocycles. The molecule has 1 aliphatic rings. The number of nitrogens with zero attached hydrogens (tertiary/aromatic N) is 1. The summed E-state index contributed by atoms with van der Waals surface area (Å²) in [6, 6.07) is 7.11. The van der Waals surface area contributed by atoms with Crippen molar-refractivity contribution in [3.8, 4) is 6.07 Å². The highest BCUT2D eigenvalue weighted by Crippen LogP contribution is 2.20. The van der Waals surface area contributed by atoms with Crippen molar-refractivity contribution >= 4 is 23.2 Å². The van der Waals surface area contributed by atoms with Crippen LogP contribution in [0.15, 0.2) is 30.0 Å². The number of ether oxygens (including phenoxy) is 1. The lowest BCUT2D eigenvalue weighted by Gasteiger charge is -2.10. The fourth-order valence-corrected chi connectivity index (χ4v) is 2.34. The van der Waals surface area contributed by atoms with Gasteiger partial charge in [-0.15, -0.1) is 0 Å². The molecule has 0 bridgehead atoms. The van der Waals surface area contributed by atoms with Crippen LogP contribution >= 0.6 is 11.6 Å². The largest absolute Gasteiger partial charge is 0.387 e. The predicted octanol–water partition coefficient (Wildman–Crippen LogP) is 2.76. The topological polar surface area (TPSA) is 74.2 Å². The zero-order valence-electron chi connectivity index (χ0n) is 12.4. The lowest BCUT2D eigenvalue weighted by molar-refractivity contribution is -0.112. The lowest BCUT2D eigenvalue weighted by atomic mass is 10.2. The van der Waals surface area contributed by atoms with E-state index in [1.165, 1.54) is 6.20 Å². The summed E-state index contributed by atoms with van der Waals surface area (Å²) in [5, 5.41) is 15.3. The van der Waals surface area contributed by atoms with Crippen LogP contribution in [-0.4, -0.2) is 25.2 Å². The molecule has 1 aromatic rings. The van der Waals surface area contributed by atoms with Gasteiger partial charge in [0.15, 0.2) is 0 Å². The molecule has 1 amide bonds. The number of hydrogen-bond acceptors (Lipinski definition) is 4. The Balaban J connectivity index is 1.96. The minimum absolute atomic E-state index is 0.0115. The van der Waals surface area contributed by atoms with Crippen LogP contribution in [0.1, 0.15) is 18.4 Å². The minimum atomic E-state index is -0.465. The Bertz CT molecular complexity index is 616. The maximum atomic E-state index is 12.1. The van der Waals surface area contributed by atoms with Crippen molar-refractivity contribution in [3.63, 3.8) is 0 Å². The van der Waals surface area contributed by atoms with Crippen LogP contribution in [-0.2, 0) is 9.53 Å². The maximum absolute atomic E-state index is 12.1. The zero-order valence-corrected chi connectivity index (χ0v) is 13.1. The summed E-state index contributed by atoms with van der Waals surface area (Å²) in [6.45, 7) is 3.22. The second-order valence-corrected chi connectivity index (χ2v) is 5.56. The van der Waals surface area contributed by atoms with E-state index in [1.54, 1.807) is 12.1 Å². The average molecular weight is 320 g/mol. The van der Waals surface area contributed by atoms with Crippen molar-refractivity contribution in [1.29, 1.82) is 5.26 Å². The number of benzene rings is 1. The Kier molecular flexibility index (Phi) is 5.82. The smallest absolute Gasteiger partial charge is 0.267 e. The molecule has 1 aromatic carbocycles. The van der Waals surface area contributed by atoms with Crippen molar-refractivity contribution in [2.45, 2.75) is 25.9 Å². The summed E-state index contributed by atoms with van der Waals surface area (Å²) in [4.78, 5) is 12.1. The fraction of sp³-hybridized carbons (Fsp3) is 0.375. The highest BCUT2D eigenvalue weighted by molar-refractivity contribution is 6.31. The number of amides is 1. The van der Waals surface area contributed by atoms with Gasteiger partial charge in [-0.25, -0.2) is 0 Å². The van der Waals surface area contributed by atoms with Crippen molar-refractivity contribution in [3.05, 3.63) is 40.6 Å². The molecule has 0 aromatic heterocycles. The number of rotatable bonds is 5. The molecule has 1 aliphatic heterocycles. The molecule has 6 heteroatoms. The molecule has 1 unspecified atom stereocenters. The van der Waals surface area contributed by atoms with Gasteiger partial charge in [-0.2, -0.15) is 5.26 Å². The average Bonchev–Trinajstić information content (AvgIpc) is 3.00. The summed E-state index contributed by atoms with van der Waals surface area (Å²) >= 11 is 5.91. The number of carbonyl (C=O) groups excluding carboxylic acids is 1. The number of carbonyl (C=O) groups is 1. The summed E-state index contributed by atoms with van der Waals surface area (Å²) in [7, 11) is 0. The quantitative estimate of drug-likeness (QED) is 0.646. The molecule has 1 fully saturated rings. The Hall–Kier alpha value is -2.03. The molecule has 0 radical (unpaired) electrons. The first-order chi connectivity index (χ1) is 10.6. The van der Waals surface area contributed by atoms with Gasteiger partial charge in [0.05, 0.1) is 6.10 Å². The predicted molar refractivity (Wildman–Crippen MR) is 85.5 cm³/mol. The number of halogens is 1. The van der Waals surface area contributed by atoms with E-state index in [9.17, 15) is 4.79 Å². The highest BCUT2D eigenvalue weighted by Gasteiger charge is 2.15. The standard InChI is InChI=1S/C16H18ClN3O2/c1-11-4-5-13(17)7-15(11)20-16(21)12(8-18)9-19-10-14-3-2-6-22-14/h4-5,7,9,14,19H,2-3,6,10H2,1H3,(H,20,21)/b12-9-. The van der Waals surface area contributed by atoms with Crippen LogP contribution < -0.4 is 10.6 Å². The van der Waals surface area contributed by atoms with E-state index in [-0.39, 0.29) is 11.7 Å². The molecule has 1 atom stereocenters. The van der Waals surface area contributed by atoms with Crippen molar-refractivity contribution < 1.29 is 9.53 Å². The molecule has 22 heavy (non-hydrogen) atoms. The van der Waals surface area contributed by atoms with E-state index in [1.807, 2.05) is 19.1 Å². The van der Waals surface area contributed by atoms with Gasteiger partial charge in [0, 0.05) is 30.1 Å². The molecule has 2 rings (SSSR count). The number of hydrogen-bond donors (Lipinski definition) is 2. The Morgan fingerprint density at radius 3 is 3.09 bits per heavy atom. The van der Waals surface area contributed by atoms with E-state index in [0.29, 0.717) is 17.3 Å². The van der Waals surface area contributed by atoms with E-state index in [0.717, 1.165) is 25.0 Å². The molecule has 0 aliphatic carbocycles. The zero-order chi connectivity index (χ0) is 15.9. The van der Waals surface area contributed by atoms with Crippen LogP contribution in [0.25, 0.3) is 0 Å². The summed E-state index contributed by atoms with van der Waals surface area (Å²) in [5.41, 5.74) is 1.48. The fourth-order valence-electron chi connectivity index (χ4n) is 2.16. The molecule has 0 saturated carbocycles. The second kappa shape index (κ2) is 7.83. The van der Waals surface area contributed by atoms with Crippen molar-refractivity contribution in [2.24, 2.45) is 0 Å². The number of anilines is 1. The van der Waals surface area contributed by atoms with Gasteiger partial charge in [0.1, 0.15) is 11.6 Å². The first-order valence-corrected chi connectivity index (χ1v) is 7.50. The maximum Gasteiger partial charge on any atom is 0.267 e. The summed E-state index contributed by atoms with van der Waals surface area (Å²) < 4.78 is 5.46. The molecule has 0 spiro atoms. The summed E-state index contributed by atoms with van der Waals surface area (Å²) in [6.07, 6.45) is 3.62. The van der Waals surface area contributed by atoms with Crippen LogP contribution in [0.3, 0.4) is 0 Å². The number of aryl methyl sites for hydroxylation is 1. The second-order valence-electron chi connectivity index (χ2n) is 5.13. The van der Waals surface area contributed by atoms with E-state index in [2.05, 4.69) is 10.6 Å². The van der Waals surface area contributed by atoms with Gasteiger partial charge >= 0.3 is 0 Å². The van der Waals surface area contributed by atoms with Crippen LogP contribution in [0.4, 0.5) is 5.69 Å².